The van der Waals surface area contributed by atoms with Crippen LogP contribution in [0.2, 0.25) is 0 Å². The number of hydrogen-bond acceptors (Lipinski definition) is 6. The van der Waals surface area contributed by atoms with Crippen LogP contribution in [0, 0.1) is 17.8 Å². The van der Waals surface area contributed by atoms with E-state index in [1.807, 2.05) is 0 Å². The van der Waals surface area contributed by atoms with Gasteiger partial charge >= 0.3 is 0 Å². The molecule has 0 spiro atoms. The third-order valence-electron chi connectivity index (χ3n) is 4.32. The van der Waals surface area contributed by atoms with Crippen LogP contribution in [0.4, 0.5) is 17.6 Å². The molecule has 0 aliphatic heterocycles. The molecule has 2 aliphatic rings. The molecule has 3 unspecified atom stereocenters. The Morgan fingerprint density at radius 2 is 2.06 bits per heavy atom. The van der Waals surface area contributed by atoms with E-state index >= 15 is 0 Å². The van der Waals surface area contributed by atoms with E-state index in [4.69, 9.17) is 11.6 Å². The smallest absolute Gasteiger partial charge is 0.223 e. The Labute approximate surface area is 107 Å². The van der Waals surface area contributed by atoms with Gasteiger partial charge in [0.1, 0.15) is 11.6 Å². The molecule has 2 bridgehead atoms. The average molecular weight is 248 g/mol. The number of hydrogen-bond donors (Lipinski definition) is 4. The Kier molecular flexibility index (Phi) is 2.95. The summed E-state index contributed by atoms with van der Waals surface area (Å²) in [7, 11) is 0. The van der Waals surface area contributed by atoms with Crippen molar-refractivity contribution in [3.05, 3.63) is 6.07 Å². The zero-order valence-electron chi connectivity index (χ0n) is 10.4. The number of nitrogens with zero attached hydrogens (tertiary/aromatic N) is 2. The first-order valence-corrected chi connectivity index (χ1v) is 6.59. The van der Waals surface area contributed by atoms with Crippen molar-refractivity contribution in [3.63, 3.8) is 0 Å². The summed E-state index contributed by atoms with van der Waals surface area (Å²) in [6, 6.07) is 1.78. The van der Waals surface area contributed by atoms with E-state index in [0.717, 1.165) is 30.1 Å². The molecular formula is C12H20N6. The second kappa shape index (κ2) is 4.61. The van der Waals surface area contributed by atoms with Gasteiger partial charge in [0.15, 0.2) is 0 Å². The topological polar surface area (TPSA) is 102 Å². The fourth-order valence-corrected chi connectivity index (χ4v) is 3.49. The number of aromatic nitrogens is 2. The highest BCUT2D eigenvalue weighted by Crippen LogP contribution is 2.48. The highest BCUT2D eigenvalue weighted by atomic mass is 15.3. The van der Waals surface area contributed by atoms with Crippen molar-refractivity contribution in [2.24, 2.45) is 23.6 Å². The molecule has 6 nitrogen and oxygen atoms in total. The summed E-state index contributed by atoms with van der Waals surface area (Å²) in [5.41, 5.74) is 8.11. The van der Waals surface area contributed by atoms with E-state index in [1.165, 1.54) is 25.7 Å². The number of fused-ring (bicyclic) bond motifs is 2. The zero-order valence-corrected chi connectivity index (χ0v) is 10.4. The average Bonchev–Trinajstić information content (AvgIpc) is 2.97. The summed E-state index contributed by atoms with van der Waals surface area (Å²) in [6.45, 7) is 0.974. The van der Waals surface area contributed by atoms with E-state index in [2.05, 4.69) is 20.7 Å². The lowest BCUT2D eigenvalue weighted by atomic mass is 9.89. The Hall–Kier alpha value is -1.56. The Morgan fingerprint density at radius 1 is 1.22 bits per heavy atom. The van der Waals surface area contributed by atoms with Gasteiger partial charge in [-0.15, -0.1) is 0 Å². The largest absolute Gasteiger partial charge is 0.370 e. The minimum atomic E-state index is 0.237. The number of anilines is 3. The van der Waals surface area contributed by atoms with E-state index in [0.29, 0.717) is 5.82 Å². The van der Waals surface area contributed by atoms with Gasteiger partial charge in [0.25, 0.3) is 0 Å². The van der Waals surface area contributed by atoms with E-state index < -0.39 is 0 Å². The van der Waals surface area contributed by atoms with Crippen LogP contribution < -0.4 is 22.3 Å². The van der Waals surface area contributed by atoms with Gasteiger partial charge in [-0.05, 0) is 37.0 Å². The van der Waals surface area contributed by atoms with Crippen LogP contribution in [0.15, 0.2) is 6.07 Å². The van der Waals surface area contributed by atoms with Crippen molar-refractivity contribution in [3.8, 4) is 0 Å². The standard InChI is InChI=1S/C12H20N6/c13-12-16-10(5-11(17-12)18-14)15-6-9-4-7-1-2-8(9)3-7/h5,7-9H,1-4,6,14H2,(H4,13,15,16,17,18). The summed E-state index contributed by atoms with van der Waals surface area (Å²) in [6.07, 6.45) is 5.62. The fourth-order valence-electron chi connectivity index (χ4n) is 3.49. The van der Waals surface area contributed by atoms with Gasteiger partial charge in [0.2, 0.25) is 5.95 Å². The van der Waals surface area contributed by atoms with Crippen LogP contribution in [0.25, 0.3) is 0 Å². The fraction of sp³-hybridized carbons (Fsp3) is 0.667. The van der Waals surface area contributed by atoms with Gasteiger partial charge < -0.3 is 16.5 Å². The maximum Gasteiger partial charge on any atom is 0.223 e. The van der Waals surface area contributed by atoms with E-state index in [-0.39, 0.29) is 5.95 Å². The highest BCUT2D eigenvalue weighted by Gasteiger charge is 2.39. The molecule has 2 fully saturated rings. The molecule has 98 valence electrons. The highest BCUT2D eigenvalue weighted by molar-refractivity contribution is 5.50. The second-order valence-corrected chi connectivity index (χ2v) is 5.46. The molecule has 1 heterocycles. The number of hydrazine groups is 1. The Balaban J connectivity index is 1.61. The molecule has 0 amide bonds. The van der Waals surface area contributed by atoms with E-state index in [1.54, 1.807) is 6.07 Å². The predicted molar refractivity (Wildman–Crippen MR) is 71.7 cm³/mol. The molecule has 3 atom stereocenters. The van der Waals surface area contributed by atoms with Crippen molar-refractivity contribution in [2.75, 3.05) is 23.0 Å². The molecule has 1 aromatic rings. The maximum absolute atomic E-state index is 5.62. The molecule has 0 radical (unpaired) electrons. The van der Waals surface area contributed by atoms with Crippen LogP contribution in [-0.4, -0.2) is 16.5 Å². The van der Waals surface area contributed by atoms with Crippen molar-refractivity contribution in [1.82, 2.24) is 9.97 Å². The zero-order chi connectivity index (χ0) is 12.5. The van der Waals surface area contributed by atoms with Crippen LogP contribution in [0.5, 0.6) is 0 Å². The van der Waals surface area contributed by atoms with Crippen LogP contribution in [0.3, 0.4) is 0 Å². The monoisotopic (exact) mass is 248 g/mol. The van der Waals surface area contributed by atoms with Crippen molar-refractivity contribution in [1.29, 1.82) is 0 Å². The predicted octanol–water partition coefficient (Wildman–Crippen LogP) is 1.19. The third-order valence-corrected chi connectivity index (χ3v) is 4.32. The summed E-state index contributed by atoms with van der Waals surface area (Å²) in [5, 5.41) is 3.36. The molecular weight excluding hydrogens is 228 g/mol. The van der Waals surface area contributed by atoms with Gasteiger partial charge in [-0.2, -0.15) is 9.97 Å². The minimum absolute atomic E-state index is 0.237. The van der Waals surface area contributed by atoms with Gasteiger partial charge in [-0.3, -0.25) is 0 Å². The second-order valence-electron chi connectivity index (χ2n) is 5.46. The molecule has 6 N–H and O–H groups in total. The van der Waals surface area contributed by atoms with Crippen molar-refractivity contribution >= 4 is 17.6 Å². The molecule has 2 saturated carbocycles. The van der Waals surface area contributed by atoms with Gasteiger partial charge in [-0.1, -0.05) is 6.42 Å². The SMILES string of the molecule is NNc1cc(NCC2CC3CCC2C3)nc(N)n1. The number of rotatable bonds is 4. The minimum Gasteiger partial charge on any atom is -0.370 e. The molecule has 0 aromatic carbocycles. The summed E-state index contributed by atoms with van der Waals surface area (Å²) in [5.74, 6) is 9.52. The quantitative estimate of drug-likeness (QED) is 0.471. The molecule has 2 aliphatic carbocycles. The summed E-state index contributed by atoms with van der Waals surface area (Å²) >= 11 is 0. The summed E-state index contributed by atoms with van der Waals surface area (Å²) in [4.78, 5) is 8.13. The van der Waals surface area contributed by atoms with Crippen LogP contribution in [-0.2, 0) is 0 Å². The third kappa shape index (κ3) is 2.20. The molecule has 6 heteroatoms. The molecule has 18 heavy (non-hydrogen) atoms. The van der Waals surface area contributed by atoms with Crippen molar-refractivity contribution < 1.29 is 0 Å². The lowest BCUT2D eigenvalue weighted by molar-refractivity contribution is 0.348. The normalized spacial score (nSPS) is 29.5. The lowest BCUT2D eigenvalue weighted by Gasteiger charge is -2.22. The first-order valence-electron chi connectivity index (χ1n) is 6.59. The number of nitrogens with one attached hydrogen (secondary N) is 2. The van der Waals surface area contributed by atoms with Crippen LogP contribution in [0.1, 0.15) is 25.7 Å². The lowest BCUT2D eigenvalue weighted by Crippen LogP contribution is -2.21. The van der Waals surface area contributed by atoms with Gasteiger partial charge in [0.05, 0.1) is 0 Å². The van der Waals surface area contributed by atoms with Crippen molar-refractivity contribution in [2.45, 2.75) is 25.7 Å². The molecule has 1 aromatic heterocycles. The number of nitrogens with two attached hydrogens (primary N) is 2. The first kappa shape index (κ1) is 11.5. The molecule has 0 saturated heterocycles. The van der Waals surface area contributed by atoms with E-state index in [9.17, 15) is 0 Å². The number of nitrogen functional groups attached to an aromatic ring is 2. The first-order chi connectivity index (χ1) is 8.74. The maximum atomic E-state index is 5.62. The summed E-state index contributed by atoms with van der Waals surface area (Å²) < 4.78 is 0. The van der Waals surface area contributed by atoms with Gasteiger partial charge in [-0.25, -0.2) is 5.84 Å². The Bertz CT molecular complexity index is 435. The van der Waals surface area contributed by atoms with Gasteiger partial charge in [0, 0.05) is 12.6 Å². The van der Waals surface area contributed by atoms with Crippen LogP contribution >= 0.6 is 0 Å². The Morgan fingerprint density at radius 3 is 2.72 bits per heavy atom. The molecule has 3 rings (SSSR count).